The Balaban J connectivity index is 1.34. The van der Waals surface area contributed by atoms with Gasteiger partial charge in [0.2, 0.25) is 5.95 Å². The minimum absolute atomic E-state index is 0.152. The molecule has 5 heterocycles. The van der Waals surface area contributed by atoms with Crippen LogP contribution in [0.5, 0.6) is 0 Å². The highest BCUT2D eigenvalue weighted by atomic mass is 15.4. The minimum atomic E-state index is 0.152. The Kier molecular flexibility index (Phi) is 4.31. The first-order valence-corrected chi connectivity index (χ1v) is 10.7. The number of aromatic nitrogens is 5. The van der Waals surface area contributed by atoms with Crippen molar-refractivity contribution in [1.82, 2.24) is 29.9 Å². The molecule has 2 N–H and O–H groups in total. The number of fused-ring (bicyclic) bond motifs is 3. The van der Waals surface area contributed by atoms with E-state index in [-0.39, 0.29) is 6.04 Å². The van der Waals surface area contributed by atoms with Crippen LogP contribution in [0.15, 0.2) is 61.1 Å². The van der Waals surface area contributed by atoms with Crippen LogP contribution in [0.2, 0.25) is 0 Å². The number of anilines is 2. The molecule has 0 saturated carbocycles. The Labute approximate surface area is 180 Å². The molecule has 2 saturated heterocycles. The summed E-state index contributed by atoms with van der Waals surface area (Å²) in [5, 5.41) is 15.5. The Morgan fingerprint density at radius 1 is 1.16 bits per heavy atom. The van der Waals surface area contributed by atoms with Crippen LogP contribution < -0.4 is 15.5 Å². The molecular weight excluding hydrogens is 388 g/mol. The van der Waals surface area contributed by atoms with Crippen LogP contribution in [0.4, 0.5) is 11.8 Å². The number of piperazine rings is 1. The Bertz CT molecular complexity index is 1220. The van der Waals surface area contributed by atoms with Crippen molar-refractivity contribution in [3.8, 4) is 11.3 Å². The molecule has 0 aliphatic carbocycles. The van der Waals surface area contributed by atoms with E-state index >= 15 is 0 Å². The van der Waals surface area contributed by atoms with Crippen molar-refractivity contribution in [1.29, 1.82) is 0 Å². The summed E-state index contributed by atoms with van der Waals surface area (Å²) in [5.41, 5.74) is 3.91. The lowest BCUT2D eigenvalue weighted by Crippen LogP contribution is -2.44. The van der Waals surface area contributed by atoms with Crippen molar-refractivity contribution in [3.63, 3.8) is 0 Å². The average molecular weight is 413 g/mol. The molecule has 1 aromatic carbocycles. The Hall–Kier alpha value is -3.52. The maximum Gasteiger partial charge on any atom is 0.213 e. The lowest BCUT2D eigenvalue weighted by Gasteiger charge is -2.29. The molecule has 0 radical (unpaired) electrons. The highest BCUT2D eigenvalue weighted by molar-refractivity contribution is 5.68. The van der Waals surface area contributed by atoms with E-state index in [1.54, 1.807) is 6.33 Å². The largest absolute Gasteiger partial charge is 0.364 e. The quantitative estimate of drug-likeness (QED) is 0.521. The molecule has 4 aromatic rings. The van der Waals surface area contributed by atoms with Crippen molar-refractivity contribution in [2.45, 2.75) is 31.5 Å². The third kappa shape index (κ3) is 3.29. The number of nitrogens with zero attached hydrogens (tertiary/aromatic N) is 6. The second-order valence-corrected chi connectivity index (χ2v) is 8.35. The summed E-state index contributed by atoms with van der Waals surface area (Å²) < 4.78 is 1.99. The summed E-state index contributed by atoms with van der Waals surface area (Å²) in [6, 6.07) is 17.6. The van der Waals surface area contributed by atoms with Gasteiger partial charge >= 0.3 is 0 Å². The molecule has 3 atom stereocenters. The lowest BCUT2D eigenvalue weighted by molar-refractivity contribution is 0.570. The van der Waals surface area contributed by atoms with Crippen molar-refractivity contribution in [2.75, 3.05) is 23.3 Å². The predicted octanol–water partition coefficient (Wildman–Crippen LogP) is 2.91. The normalized spacial score (nSPS) is 21.0. The molecule has 8 nitrogen and oxygen atoms in total. The van der Waals surface area contributed by atoms with Gasteiger partial charge in [0, 0.05) is 49.0 Å². The fraction of sp³-hybridized carbons (Fsp3) is 0.304. The molecule has 2 fully saturated rings. The number of hydrogen-bond acceptors (Lipinski definition) is 7. The molecule has 3 unspecified atom stereocenters. The molecule has 8 heteroatoms. The van der Waals surface area contributed by atoms with Crippen molar-refractivity contribution in [3.05, 3.63) is 66.6 Å². The second kappa shape index (κ2) is 7.31. The summed E-state index contributed by atoms with van der Waals surface area (Å²) in [7, 11) is 0. The standard InChI is InChI=1S/C23H24N8/c1-15(16-5-3-2-4-6-16)27-21-9-17(7-8-24-21)20-11-22-29-26-14-31(22)23(28-20)30-13-18-10-19(30)12-25-18/h2-9,11,14-15,18-19,25H,10,12-13H2,1H3,(H,24,27). The molecular formula is C23H24N8. The number of hydrogen-bond donors (Lipinski definition) is 2. The van der Waals surface area contributed by atoms with Crippen LogP contribution in [0.3, 0.4) is 0 Å². The molecule has 2 bridgehead atoms. The fourth-order valence-corrected chi connectivity index (χ4v) is 4.68. The molecule has 0 amide bonds. The SMILES string of the molecule is CC(Nc1cc(-c2cc3nncn3c(N3CC4CC3CN4)n2)ccn1)c1ccccc1. The van der Waals surface area contributed by atoms with E-state index < -0.39 is 0 Å². The number of benzene rings is 1. The van der Waals surface area contributed by atoms with Crippen LogP contribution in [-0.4, -0.2) is 49.7 Å². The zero-order valence-electron chi connectivity index (χ0n) is 17.3. The van der Waals surface area contributed by atoms with Gasteiger partial charge in [0.15, 0.2) is 5.65 Å². The number of pyridine rings is 1. The van der Waals surface area contributed by atoms with Gasteiger partial charge in [0.1, 0.15) is 12.1 Å². The molecule has 3 aromatic heterocycles. The van der Waals surface area contributed by atoms with E-state index in [0.717, 1.165) is 48.2 Å². The van der Waals surface area contributed by atoms with Gasteiger partial charge in [-0.3, -0.25) is 4.40 Å². The van der Waals surface area contributed by atoms with E-state index in [1.807, 2.05) is 28.8 Å². The molecule has 0 spiro atoms. The van der Waals surface area contributed by atoms with Crippen LogP contribution in [0.1, 0.15) is 24.9 Å². The number of nitrogens with one attached hydrogen (secondary N) is 2. The highest BCUT2D eigenvalue weighted by Gasteiger charge is 2.39. The first-order valence-electron chi connectivity index (χ1n) is 10.7. The van der Waals surface area contributed by atoms with Gasteiger partial charge in [0.05, 0.1) is 5.69 Å². The summed E-state index contributed by atoms with van der Waals surface area (Å²) >= 11 is 0. The van der Waals surface area contributed by atoms with E-state index in [9.17, 15) is 0 Å². The minimum Gasteiger partial charge on any atom is -0.364 e. The van der Waals surface area contributed by atoms with Crippen molar-refractivity contribution in [2.24, 2.45) is 0 Å². The van der Waals surface area contributed by atoms with E-state index in [0.29, 0.717) is 12.1 Å². The highest BCUT2D eigenvalue weighted by Crippen LogP contribution is 2.31. The van der Waals surface area contributed by atoms with Crippen LogP contribution >= 0.6 is 0 Å². The third-order valence-corrected chi connectivity index (χ3v) is 6.31. The summed E-state index contributed by atoms with van der Waals surface area (Å²) in [6.07, 6.45) is 4.74. The first-order chi connectivity index (χ1) is 15.2. The predicted molar refractivity (Wildman–Crippen MR) is 120 cm³/mol. The maximum absolute atomic E-state index is 5.05. The van der Waals surface area contributed by atoms with E-state index in [2.05, 4.69) is 68.0 Å². The van der Waals surface area contributed by atoms with Gasteiger partial charge in [-0.05, 0) is 31.0 Å². The van der Waals surface area contributed by atoms with Gasteiger partial charge in [-0.2, -0.15) is 0 Å². The lowest BCUT2D eigenvalue weighted by atomic mass is 10.1. The Morgan fingerprint density at radius 3 is 2.87 bits per heavy atom. The second-order valence-electron chi connectivity index (χ2n) is 8.35. The van der Waals surface area contributed by atoms with Gasteiger partial charge in [-0.25, -0.2) is 9.97 Å². The Morgan fingerprint density at radius 2 is 2.06 bits per heavy atom. The smallest absolute Gasteiger partial charge is 0.213 e. The van der Waals surface area contributed by atoms with Gasteiger partial charge in [-0.1, -0.05) is 30.3 Å². The molecule has 2 aliphatic rings. The number of rotatable bonds is 5. The zero-order valence-corrected chi connectivity index (χ0v) is 17.3. The van der Waals surface area contributed by atoms with Gasteiger partial charge in [-0.15, -0.1) is 10.2 Å². The van der Waals surface area contributed by atoms with Crippen molar-refractivity contribution >= 4 is 17.4 Å². The molecule has 156 valence electrons. The average Bonchev–Trinajstić information content (AvgIpc) is 3.56. The van der Waals surface area contributed by atoms with Crippen LogP contribution in [0.25, 0.3) is 16.9 Å². The van der Waals surface area contributed by atoms with E-state index in [1.165, 1.54) is 5.56 Å². The van der Waals surface area contributed by atoms with Gasteiger partial charge < -0.3 is 15.5 Å². The topological polar surface area (TPSA) is 83.3 Å². The monoisotopic (exact) mass is 412 g/mol. The van der Waals surface area contributed by atoms with Crippen LogP contribution in [0, 0.1) is 0 Å². The van der Waals surface area contributed by atoms with Crippen molar-refractivity contribution < 1.29 is 0 Å². The van der Waals surface area contributed by atoms with Gasteiger partial charge in [0.25, 0.3) is 0 Å². The summed E-state index contributed by atoms with van der Waals surface area (Å²) in [4.78, 5) is 12.0. The fourth-order valence-electron chi connectivity index (χ4n) is 4.68. The van der Waals surface area contributed by atoms with Crippen LogP contribution in [-0.2, 0) is 0 Å². The summed E-state index contributed by atoms with van der Waals surface area (Å²) in [5.74, 6) is 1.73. The third-order valence-electron chi connectivity index (χ3n) is 6.31. The van der Waals surface area contributed by atoms with E-state index in [4.69, 9.17) is 4.98 Å². The maximum atomic E-state index is 5.05. The molecule has 6 rings (SSSR count). The first kappa shape index (κ1) is 18.3. The summed E-state index contributed by atoms with van der Waals surface area (Å²) in [6.45, 7) is 4.10. The molecule has 2 aliphatic heterocycles. The zero-order chi connectivity index (χ0) is 20.8. The molecule has 31 heavy (non-hydrogen) atoms.